The molecule has 0 aliphatic carbocycles. The van der Waals surface area contributed by atoms with Crippen molar-refractivity contribution in [3.63, 3.8) is 0 Å². The number of nitrogens with one attached hydrogen (secondary N) is 3. The Hall–Kier alpha value is -2.29. The summed E-state index contributed by atoms with van der Waals surface area (Å²) in [6.07, 6.45) is 1.86. The van der Waals surface area contributed by atoms with Crippen molar-refractivity contribution in [2.24, 2.45) is 4.99 Å². The van der Waals surface area contributed by atoms with Crippen molar-refractivity contribution in [3.05, 3.63) is 59.9 Å². The number of aromatic nitrogens is 2. The molecule has 150 valence electrons. The first-order valence-corrected chi connectivity index (χ1v) is 9.39. The van der Waals surface area contributed by atoms with E-state index in [1.165, 1.54) is 0 Å². The van der Waals surface area contributed by atoms with E-state index < -0.39 is 0 Å². The highest BCUT2D eigenvalue weighted by Gasteiger charge is 2.05. The summed E-state index contributed by atoms with van der Waals surface area (Å²) >= 11 is 0. The fourth-order valence-corrected chi connectivity index (χ4v) is 2.93. The Bertz CT molecular complexity index is 860. The molecule has 0 saturated carbocycles. The van der Waals surface area contributed by atoms with Crippen molar-refractivity contribution < 1.29 is 4.74 Å². The third-order valence-corrected chi connectivity index (χ3v) is 4.26. The van der Waals surface area contributed by atoms with Crippen LogP contribution in [0.5, 0.6) is 5.75 Å². The van der Waals surface area contributed by atoms with Crippen molar-refractivity contribution in [1.82, 2.24) is 20.6 Å². The van der Waals surface area contributed by atoms with Crippen molar-refractivity contribution in [2.75, 3.05) is 20.2 Å². The zero-order valence-corrected chi connectivity index (χ0v) is 18.7. The fourth-order valence-electron chi connectivity index (χ4n) is 2.93. The van der Waals surface area contributed by atoms with Crippen LogP contribution in [-0.2, 0) is 13.0 Å². The summed E-state index contributed by atoms with van der Waals surface area (Å²) in [5.41, 5.74) is 3.22. The van der Waals surface area contributed by atoms with E-state index in [1.807, 2.05) is 43.3 Å². The van der Waals surface area contributed by atoms with Crippen LogP contribution in [-0.4, -0.2) is 36.1 Å². The lowest BCUT2D eigenvalue weighted by molar-refractivity contribution is 0.336. The molecule has 3 rings (SSSR count). The van der Waals surface area contributed by atoms with Gasteiger partial charge in [0.2, 0.25) is 0 Å². The Balaban J connectivity index is 0.00000280. The monoisotopic (exact) mass is 493 g/mol. The van der Waals surface area contributed by atoms with Crippen molar-refractivity contribution in [2.45, 2.75) is 26.3 Å². The number of hydrogen-bond acceptors (Lipinski definition) is 3. The van der Waals surface area contributed by atoms with Gasteiger partial charge in [-0.2, -0.15) is 0 Å². The molecule has 0 fully saturated rings. The minimum absolute atomic E-state index is 0. The zero-order valence-electron chi connectivity index (χ0n) is 16.4. The van der Waals surface area contributed by atoms with Gasteiger partial charge in [0.1, 0.15) is 11.6 Å². The van der Waals surface area contributed by atoms with Crippen molar-refractivity contribution in [3.8, 4) is 5.75 Å². The molecule has 3 aromatic rings. The number of imidazole rings is 1. The first-order valence-electron chi connectivity index (χ1n) is 9.39. The maximum atomic E-state index is 5.66. The van der Waals surface area contributed by atoms with E-state index in [0.29, 0.717) is 13.2 Å². The molecule has 0 aliphatic rings. The van der Waals surface area contributed by atoms with Gasteiger partial charge in [-0.3, -0.25) is 4.99 Å². The molecule has 0 aliphatic heterocycles. The summed E-state index contributed by atoms with van der Waals surface area (Å²) in [6, 6.07) is 16.2. The number of aliphatic imine (C=N–C) groups is 1. The predicted molar refractivity (Wildman–Crippen MR) is 126 cm³/mol. The third-order valence-electron chi connectivity index (χ3n) is 4.26. The molecule has 7 heteroatoms. The average Bonchev–Trinajstić information content (AvgIpc) is 3.11. The number of H-pyrrole nitrogens is 1. The van der Waals surface area contributed by atoms with E-state index in [1.54, 1.807) is 7.05 Å². The number of ether oxygens (including phenoxy) is 1. The molecule has 0 spiro atoms. The SMILES string of the molecule is CCOc1ccccc1CNC(=NC)NCCCc1nc2ccccc2[nH]1.I. The first kappa shape index (κ1) is 22.0. The van der Waals surface area contributed by atoms with Gasteiger partial charge in [0.05, 0.1) is 17.6 Å². The van der Waals surface area contributed by atoms with Crippen LogP contribution in [0.4, 0.5) is 0 Å². The molecule has 28 heavy (non-hydrogen) atoms. The minimum Gasteiger partial charge on any atom is -0.494 e. The highest BCUT2D eigenvalue weighted by atomic mass is 127. The molecular formula is C21H28IN5O. The molecule has 2 aromatic carbocycles. The Morgan fingerprint density at radius 3 is 2.68 bits per heavy atom. The molecule has 1 aromatic heterocycles. The van der Waals surface area contributed by atoms with Crippen LogP contribution in [0.3, 0.4) is 0 Å². The van der Waals surface area contributed by atoms with Gasteiger partial charge < -0.3 is 20.4 Å². The van der Waals surface area contributed by atoms with Gasteiger partial charge in [-0.15, -0.1) is 24.0 Å². The number of aryl methyl sites for hydroxylation is 1. The Morgan fingerprint density at radius 2 is 1.89 bits per heavy atom. The first-order chi connectivity index (χ1) is 13.3. The lowest BCUT2D eigenvalue weighted by Crippen LogP contribution is -2.37. The van der Waals surface area contributed by atoms with Gasteiger partial charge in [0.15, 0.2) is 5.96 Å². The second kappa shape index (κ2) is 11.5. The molecule has 3 N–H and O–H groups in total. The topological polar surface area (TPSA) is 74.3 Å². The summed E-state index contributed by atoms with van der Waals surface area (Å²) in [5.74, 6) is 2.71. The highest BCUT2D eigenvalue weighted by Crippen LogP contribution is 2.17. The van der Waals surface area contributed by atoms with Crippen LogP contribution in [0.15, 0.2) is 53.5 Å². The second-order valence-electron chi connectivity index (χ2n) is 6.20. The molecule has 6 nitrogen and oxygen atoms in total. The summed E-state index contributed by atoms with van der Waals surface area (Å²) < 4.78 is 5.66. The summed E-state index contributed by atoms with van der Waals surface area (Å²) in [4.78, 5) is 12.3. The third kappa shape index (κ3) is 6.12. The molecule has 0 unspecified atom stereocenters. The van der Waals surface area contributed by atoms with E-state index in [9.17, 15) is 0 Å². The van der Waals surface area contributed by atoms with Crippen LogP contribution < -0.4 is 15.4 Å². The fraction of sp³-hybridized carbons (Fsp3) is 0.333. The maximum absolute atomic E-state index is 5.66. The standard InChI is InChI=1S/C21H27N5O.HI/c1-3-27-19-12-7-4-9-16(19)15-24-21(22-2)23-14-8-13-20-25-17-10-5-6-11-18(17)26-20;/h4-7,9-12H,3,8,13-15H2,1-2H3,(H,25,26)(H2,22,23,24);1H. The number of guanidine groups is 1. The molecule has 0 radical (unpaired) electrons. The molecule has 1 heterocycles. The van der Waals surface area contributed by atoms with Crippen LogP contribution in [0.25, 0.3) is 11.0 Å². The van der Waals surface area contributed by atoms with Crippen molar-refractivity contribution >= 4 is 41.0 Å². The summed E-state index contributed by atoms with van der Waals surface area (Å²) in [7, 11) is 1.78. The van der Waals surface area contributed by atoms with Crippen LogP contribution in [0.2, 0.25) is 0 Å². The average molecular weight is 493 g/mol. The lowest BCUT2D eigenvalue weighted by Gasteiger charge is -2.14. The quantitative estimate of drug-likeness (QED) is 0.193. The van der Waals surface area contributed by atoms with E-state index in [0.717, 1.165) is 53.5 Å². The van der Waals surface area contributed by atoms with E-state index >= 15 is 0 Å². The lowest BCUT2D eigenvalue weighted by atomic mass is 10.2. The van der Waals surface area contributed by atoms with Gasteiger partial charge in [-0.25, -0.2) is 4.98 Å². The number of rotatable bonds is 8. The molecule has 0 bridgehead atoms. The number of nitrogens with zero attached hydrogens (tertiary/aromatic N) is 2. The van der Waals surface area contributed by atoms with Gasteiger partial charge in [0.25, 0.3) is 0 Å². The Morgan fingerprint density at radius 1 is 1.11 bits per heavy atom. The number of fused-ring (bicyclic) bond motifs is 1. The van der Waals surface area contributed by atoms with E-state index in [-0.39, 0.29) is 24.0 Å². The summed E-state index contributed by atoms with van der Waals surface area (Å²) in [6.45, 7) is 4.14. The Labute approximate surface area is 183 Å². The largest absolute Gasteiger partial charge is 0.494 e. The normalized spacial score (nSPS) is 11.1. The second-order valence-corrected chi connectivity index (χ2v) is 6.20. The van der Waals surface area contributed by atoms with Gasteiger partial charge >= 0.3 is 0 Å². The highest BCUT2D eigenvalue weighted by molar-refractivity contribution is 14.0. The van der Waals surface area contributed by atoms with Crippen LogP contribution >= 0.6 is 24.0 Å². The minimum atomic E-state index is 0. The maximum Gasteiger partial charge on any atom is 0.191 e. The molecule has 0 saturated heterocycles. The molecule has 0 amide bonds. The molecule has 0 atom stereocenters. The van der Waals surface area contributed by atoms with Gasteiger partial charge in [0, 0.05) is 32.1 Å². The van der Waals surface area contributed by atoms with Crippen LogP contribution in [0, 0.1) is 0 Å². The van der Waals surface area contributed by atoms with E-state index in [4.69, 9.17) is 4.74 Å². The Kier molecular flexibility index (Phi) is 9.06. The summed E-state index contributed by atoms with van der Waals surface area (Å²) in [5, 5.41) is 6.69. The van der Waals surface area contributed by atoms with Crippen molar-refractivity contribution in [1.29, 1.82) is 0 Å². The van der Waals surface area contributed by atoms with E-state index in [2.05, 4.69) is 37.7 Å². The molecular weight excluding hydrogens is 465 g/mol. The number of aromatic amines is 1. The number of halogens is 1. The number of hydrogen-bond donors (Lipinski definition) is 3. The van der Waals surface area contributed by atoms with Gasteiger partial charge in [-0.05, 0) is 31.5 Å². The van der Waals surface area contributed by atoms with Crippen LogP contribution in [0.1, 0.15) is 24.7 Å². The number of benzene rings is 2. The zero-order chi connectivity index (χ0) is 18.9. The number of para-hydroxylation sites is 3. The predicted octanol–water partition coefficient (Wildman–Crippen LogP) is 3.88. The van der Waals surface area contributed by atoms with Gasteiger partial charge in [-0.1, -0.05) is 30.3 Å². The smallest absolute Gasteiger partial charge is 0.191 e.